The molecule has 2 heterocycles. The Morgan fingerprint density at radius 3 is 2.70 bits per heavy atom. The summed E-state index contributed by atoms with van der Waals surface area (Å²) in [6, 6.07) is 5.63. The van der Waals surface area contributed by atoms with Crippen molar-refractivity contribution in [1.29, 1.82) is 0 Å². The van der Waals surface area contributed by atoms with E-state index in [4.69, 9.17) is 15.2 Å². The van der Waals surface area contributed by atoms with Crippen LogP contribution in [0.4, 0.5) is 22.0 Å². The molecule has 0 saturated carbocycles. The zero-order chi connectivity index (χ0) is 19.2. The van der Waals surface area contributed by atoms with Crippen molar-refractivity contribution in [1.82, 2.24) is 19.9 Å². The lowest BCUT2D eigenvalue weighted by Crippen LogP contribution is -2.11. The van der Waals surface area contributed by atoms with Gasteiger partial charge in [0.1, 0.15) is 10.8 Å². The fourth-order valence-electron chi connectivity index (χ4n) is 2.02. The molecular weight excluding hydrogens is 375 g/mol. The number of carbonyl (C=O) groups is 1. The smallest absolute Gasteiger partial charge is 0.358 e. The van der Waals surface area contributed by atoms with Crippen molar-refractivity contribution in [2.24, 2.45) is 0 Å². The summed E-state index contributed by atoms with van der Waals surface area (Å²) in [5.41, 5.74) is 6.41. The lowest BCUT2D eigenvalue weighted by Gasteiger charge is -2.07. The van der Waals surface area contributed by atoms with Crippen molar-refractivity contribution < 1.29 is 18.7 Å². The average Bonchev–Trinajstić information content (AvgIpc) is 3.10. The standard InChI is InChI=1S/C16H15FN6O3S/c1-25-7-13-20-11(8-27-13)14(24)26-6-12-21-15(18)23-16(22-12)19-10-4-2-9(17)3-5-10/h2-5,8H,6-7H2,1H3,(H3,18,19,21,22,23). The molecule has 0 amide bonds. The Kier molecular flexibility index (Phi) is 5.84. The van der Waals surface area contributed by atoms with Gasteiger partial charge in [-0.15, -0.1) is 11.3 Å². The third kappa shape index (κ3) is 5.15. The van der Waals surface area contributed by atoms with Crippen LogP contribution in [0.1, 0.15) is 21.3 Å². The maximum Gasteiger partial charge on any atom is 0.358 e. The predicted octanol–water partition coefficient (Wildman–Crippen LogP) is 2.30. The minimum absolute atomic E-state index is 0.0447. The highest BCUT2D eigenvalue weighted by atomic mass is 32.1. The molecule has 3 rings (SSSR count). The van der Waals surface area contributed by atoms with Crippen molar-refractivity contribution in [3.63, 3.8) is 0 Å². The topological polar surface area (TPSA) is 125 Å². The van der Waals surface area contributed by atoms with Gasteiger partial charge in [-0.1, -0.05) is 0 Å². The van der Waals surface area contributed by atoms with Crippen LogP contribution in [0.25, 0.3) is 0 Å². The van der Waals surface area contributed by atoms with Gasteiger partial charge in [-0.3, -0.25) is 0 Å². The van der Waals surface area contributed by atoms with Crippen LogP contribution in [0, 0.1) is 5.82 Å². The largest absolute Gasteiger partial charge is 0.453 e. The molecule has 0 radical (unpaired) electrons. The van der Waals surface area contributed by atoms with E-state index in [1.807, 2.05) is 0 Å². The Labute approximate surface area is 157 Å². The number of benzene rings is 1. The van der Waals surface area contributed by atoms with Crippen LogP contribution < -0.4 is 11.1 Å². The van der Waals surface area contributed by atoms with Crippen molar-refractivity contribution >= 4 is 34.9 Å². The number of carbonyl (C=O) groups excluding carboxylic acids is 1. The van der Waals surface area contributed by atoms with E-state index in [1.54, 1.807) is 12.5 Å². The van der Waals surface area contributed by atoms with Crippen molar-refractivity contribution in [3.05, 3.63) is 52.0 Å². The number of methoxy groups -OCH3 is 1. The number of nitrogen functional groups attached to an aromatic ring is 1. The number of nitrogens with two attached hydrogens (primary N) is 1. The van der Waals surface area contributed by atoms with E-state index in [0.29, 0.717) is 17.3 Å². The fraction of sp³-hybridized carbons (Fsp3) is 0.188. The summed E-state index contributed by atoms with van der Waals surface area (Å²) in [5, 5.41) is 5.12. The van der Waals surface area contributed by atoms with Gasteiger partial charge in [0.25, 0.3) is 0 Å². The number of ether oxygens (including phenoxy) is 2. The van der Waals surface area contributed by atoms with Crippen molar-refractivity contribution in [3.8, 4) is 0 Å². The molecule has 0 unspecified atom stereocenters. The average molecular weight is 390 g/mol. The van der Waals surface area contributed by atoms with E-state index in [0.717, 1.165) is 0 Å². The second kappa shape index (κ2) is 8.47. The molecule has 1 aromatic carbocycles. The second-order valence-corrected chi connectivity index (χ2v) is 6.14. The van der Waals surface area contributed by atoms with Gasteiger partial charge in [-0.05, 0) is 24.3 Å². The SMILES string of the molecule is COCc1nc(C(=O)OCc2nc(N)nc(Nc3ccc(F)cc3)n2)cs1. The molecule has 0 bridgehead atoms. The molecule has 3 aromatic rings. The number of halogens is 1. The zero-order valence-corrected chi connectivity index (χ0v) is 15.0. The van der Waals surface area contributed by atoms with E-state index < -0.39 is 5.97 Å². The van der Waals surface area contributed by atoms with E-state index >= 15 is 0 Å². The first-order valence-electron chi connectivity index (χ1n) is 7.67. The van der Waals surface area contributed by atoms with Crippen LogP contribution in [-0.2, 0) is 22.7 Å². The lowest BCUT2D eigenvalue weighted by atomic mass is 10.3. The molecule has 0 aliphatic rings. The van der Waals surface area contributed by atoms with Crippen LogP contribution in [-0.4, -0.2) is 33.0 Å². The Bertz CT molecular complexity index is 934. The van der Waals surface area contributed by atoms with Gasteiger partial charge in [0, 0.05) is 18.2 Å². The Balaban J connectivity index is 1.65. The van der Waals surface area contributed by atoms with E-state index in [1.165, 1.54) is 35.6 Å². The van der Waals surface area contributed by atoms with Crippen LogP contribution in [0.2, 0.25) is 0 Å². The zero-order valence-electron chi connectivity index (χ0n) is 14.2. The Morgan fingerprint density at radius 1 is 1.19 bits per heavy atom. The number of nitrogens with one attached hydrogen (secondary N) is 1. The van der Waals surface area contributed by atoms with Crippen molar-refractivity contribution in [2.45, 2.75) is 13.2 Å². The molecule has 9 nitrogen and oxygen atoms in total. The molecule has 2 aromatic heterocycles. The van der Waals surface area contributed by atoms with E-state index in [-0.39, 0.29) is 35.8 Å². The maximum atomic E-state index is 13.0. The minimum Gasteiger partial charge on any atom is -0.453 e. The molecule has 140 valence electrons. The highest BCUT2D eigenvalue weighted by molar-refractivity contribution is 7.09. The number of esters is 1. The summed E-state index contributed by atoms with van der Waals surface area (Å²) in [7, 11) is 1.54. The molecule has 3 N–H and O–H groups in total. The van der Waals surface area contributed by atoms with Crippen LogP contribution >= 0.6 is 11.3 Å². The first-order chi connectivity index (χ1) is 13.0. The number of nitrogens with zero attached hydrogens (tertiary/aromatic N) is 4. The van der Waals surface area contributed by atoms with Gasteiger partial charge in [0.15, 0.2) is 18.1 Å². The van der Waals surface area contributed by atoms with Gasteiger partial charge in [-0.2, -0.15) is 15.0 Å². The highest BCUT2D eigenvalue weighted by Gasteiger charge is 2.14. The maximum absolute atomic E-state index is 13.0. The number of hydrogen-bond acceptors (Lipinski definition) is 10. The van der Waals surface area contributed by atoms with Crippen molar-refractivity contribution in [2.75, 3.05) is 18.2 Å². The summed E-state index contributed by atoms with van der Waals surface area (Å²) in [5.74, 6) is -0.708. The van der Waals surface area contributed by atoms with Gasteiger partial charge >= 0.3 is 5.97 Å². The summed E-state index contributed by atoms with van der Waals surface area (Å²) in [6.07, 6.45) is 0. The number of thiazole rings is 1. The summed E-state index contributed by atoms with van der Waals surface area (Å²) >= 11 is 1.30. The molecule has 0 aliphatic heterocycles. The first-order valence-corrected chi connectivity index (χ1v) is 8.55. The second-order valence-electron chi connectivity index (χ2n) is 5.20. The number of anilines is 3. The summed E-state index contributed by atoms with van der Waals surface area (Å²) < 4.78 is 23.1. The van der Waals surface area contributed by atoms with E-state index in [9.17, 15) is 9.18 Å². The number of rotatable bonds is 7. The van der Waals surface area contributed by atoms with Gasteiger partial charge < -0.3 is 20.5 Å². The molecule has 0 aliphatic carbocycles. The van der Waals surface area contributed by atoms with Gasteiger partial charge in [0.05, 0.1) is 6.61 Å². The molecule has 0 saturated heterocycles. The van der Waals surface area contributed by atoms with E-state index in [2.05, 4.69) is 25.3 Å². The van der Waals surface area contributed by atoms with Gasteiger partial charge in [-0.25, -0.2) is 14.2 Å². The molecule has 0 atom stereocenters. The number of hydrogen-bond donors (Lipinski definition) is 2. The fourth-order valence-corrected chi connectivity index (χ4v) is 2.75. The highest BCUT2D eigenvalue weighted by Crippen LogP contribution is 2.15. The van der Waals surface area contributed by atoms with Gasteiger partial charge in [0.2, 0.25) is 11.9 Å². The number of aromatic nitrogens is 4. The molecule has 11 heteroatoms. The normalized spacial score (nSPS) is 10.6. The molecular formula is C16H15FN6O3S. The first kappa shape index (κ1) is 18.6. The lowest BCUT2D eigenvalue weighted by molar-refractivity contribution is 0.0455. The quantitative estimate of drug-likeness (QED) is 0.584. The minimum atomic E-state index is -0.611. The monoisotopic (exact) mass is 390 g/mol. The molecule has 27 heavy (non-hydrogen) atoms. The van der Waals surface area contributed by atoms with Crippen LogP contribution in [0.15, 0.2) is 29.6 Å². The van der Waals surface area contributed by atoms with Crippen LogP contribution in [0.3, 0.4) is 0 Å². The Hall–Kier alpha value is -3.18. The third-order valence-electron chi connectivity index (χ3n) is 3.16. The summed E-state index contributed by atoms with van der Waals surface area (Å²) in [4.78, 5) is 28.2. The molecule has 0 spiro atoms. The third-order valence-corrected chi connectivity index (χ3v) is 3.98. The van der Waals surface area contributed by atoms with Crippen LogP contribution in [0.5, 0.6) is 0 Å². The Morgan fingerprint density at radius 2 is 1.96 bits per heavy atom. The summed E-state index contributed by atoms with van der Waals surface area (Å²) in [6.45, 7) is 0.112. The predicted molar refractivity (Wildman–Crippen MR) is 95.9 cm³/mol. The molecule has 0 fully saturated rings.